The van der Waals surface area contributed by atoms with Crippen LogP contribution in [-0.2, 0) is 11.3 Å². The van der Waals surface area contributed by atoms with Gasteiger partial charge >= 0.3 is 0 Å². The fraction of sp³-hybridized carbons (Fsp3) is 0.462. The van der Waals surface area contributed by atoms with Crippen LogP contribution in [0.15, 0.2) is 24.3 Å². The lowest BCUT2D eigenvalue weighted by molar-refractivity contribution is -0.384. The molecule has 20 heavy (non-hydrogen) atoms. The summed E-state index contributed by atoms with van der Waals surface area (Å²) in [6.07, 6.45) is 0.859. The summed E-state index contributed by atoms with van der Waals surface area (Å²) in [5, 5.41) is 19.0. The third-order valence-corrected chi connectivity index (χ3v) is 3.91. The van der Waals surface area contributed by atoms with Gasteiger partial charge in [-0.05, 0) is 12.0 Å². The quantitative estimate of drug-likeness (QED) is 0.475. The molecule has 7 heteroatoms. The molecule has 0 bridgehead atoms. The summed E-state index contributed by atoms with van der Waals surface area (Å²) in [6.45, 7) is 2.75. The van der Waals surface area contributed by atoms with Crippen molar-refractivity contribution in [2.75, 3.05) is 25.4 Å². The molecule has 0 radical (unpaired) electrons. The maximum Gasteiger partial charge on any atom is 0.269 e. The van der Waals surface area contributed by atoms with E-state index >= 15 is 0 Å². The normalized spacial score (nSPS) is 14.8. The first-order valence-electron chi connectivity index (χ1n) is 6.44. The number of benzene rings is 1. The van der Waals surface area contributed by atoms with Gasteiger partial charge in [0, 0.05) is 37.6 Å². The van der Waals surface area contributed by atoms with Gasteiger partial charge in [-0.2, -0.15) is 0 Å². The number of nitro groups is 1. The number of non-ortho nitro benzene ring substituents is 1. The Morgan fingerprint density at radius 1 is 1.50 bits per heavy atom. The smallest absolute Gasteiger partial charge is 0.269 e. The molecule has 6 nitrogen and oxygen atoms in total. The Hall–Kier alpha value is -1.60. The number of ether oxygens (including phenoxy) is 1. The fourth-order valence-electron chi connectivity index (χ4n) is 1.97. The van der Waals surface area contributed by atoms with Crippen LogP contribution in [0, 0.1) is 15.5 Å². The van der Waals surface area contributed by atoms with Crippen LogP contribution < -0.4 is 0 Å². The first-order valence-corrected chi connectivity index (χ1v) is 7.43. The van der Waals surface area contributed by atoms with Crippen LogP contribution in [0.5, 0.6) is 0 Å². The predicted octanol–water partition coefficient (Wildman–Crippen LogP) is 2.49. The molecule has 2 rings (SSSR count). The summed E-state index contributed by atoms with van der Waals surface area (Å²) in [5.41, 5.74) is 0.900. The van der Waals surface area contributed by atoms with Crippen LogP contribution in [-0.4, -0.2) is 40.4 Å². The Kier molecular flexibility index (Phi) is 5.37. The Morgan fingerprint density at radius 3 is 3.05 bits per heavy atom. The van der Waals surface area contributed by atoms with E-state index in [2.05, 4.69) is 0 Å². The molecule has 0 amide bonds. The van der Waals surface area contributed by atoms with Crippen LogP contribution in [0.2, 0.25) is 0 Å². The number of nitrogens with one attached hydrogen (secondary N) is 1. The van der Waals surface area contributed by atoms with Crippen molar-refractivity contribution in [3.8, 4) is 0 Å². The lowest BCUT2D eigenvalue weighted by atomic mass is 10.2. The third kappa shape index (κ3) is 4.21. The lowest BCUT2D eigenvalue weighted by Crippen LogP contribution is -2.25. The first kappa shape index (κ1) is 14.8. The van der Waals surface area contributed by atoms with E-state index in [1.165, 1.54) is 12.1 Å². The fourth-order valence-corrected chi connectivity index (χ4v) is 2.84. The Bertz CT molecular complexity index is 496. The molecule has 1 heterocycles. The van der Waals surface area contributed by atoms with Gasteiger partial charge in [-0.1, -0.05) is 23.9 Å². The van der Waals surface area contributed by atoms with Gasteiger partial charge in [0.25, 0.3) is 5.69 Å². The number of thioether (sulfide) groups is 1. The van der Waals surface area contributed by atoms with Crippen molar-refractivity contribution in [3.05, 3.63) is 39.9 Å². The molecule has 1 saturated heterocycles. The highest BCUT2D eigenvalue weighted by Gasteiger charge is 2.16. The molecule has 0 unspecified atom stereocenters. The van der Waals surface area contributed by atoms with Crippen LogP contribution in [0.4, 0.5) is 5.69 Å². The SMILES string of the molecule is N=C1SCCN1CCCOCc1cccc([N+](=O)[O-])c1. The molecule has 1 aliphatic heterocycles. The minimum Gasteiger partial charge on any atom is -0.377 e. The van der Waals surface area contributed by atoms with Crippen LogP contribution in [0.25, 0.3) is 0 Å². The molecule has 1 aromatic carbocycles. The molecule has 0 spiro atoms. The second kappa shape index (κ2) is 7.25. The van der Waals surface area contributed by atoms with Gasteiger partial charge in [0.1, 0.15) is 0 Å². The Labute approximate surface area is 121 Å². The zero-order chi connectivity index (χ0) is 14.4. The molecule has 1 N–H and O–H groups in total. The molecule has 0 saturated carbocycles. The minimum atomic E-state index is -0.403. The largest absolute Gasteiger partial charge is 0.377 e. The highest BCUT2D eigenvalue weighted by molar-refractivity contribution is 8.14. The molecular weight excluding hydrogens is 278 g/mol. The van der Waals surface area contributed by atoms with Gasteiger partial charge in [-0.15, -0.1) is 0 Å². The van der Waals surface area contributed by atoms with Crippen molar-refractivity contribution < 1.29 is 9.66 Å². The lowest BCUT2D eigenvalue weighted by Gasteiger charge is -2.16. The zero-order valence-electron chi connectivity index (χ0n) is 11.1. The van der Waals surface area contributed by atoms with Crippen molar-refractivity contribution in [3.63, 3.8) is 0 Å². The molecule has 1 aromatic rings. The number of amidine groups is 1. The van der Waals surface area contributed by atoms with Gasteiger partial charge in [-0.3, -0.25) is 15.5 Å². The second-order valence-corrected chi connectivity index (χ2v) is 5.56. The molecule has 1 aliphatic rings. The van der Waals surface area contributed by atoms with Crippen LogP contribution in [0.3, 0.4) is 0 Å². The summed E-state index contributed by atoms with van der Waals surface area (Å²) < 4.78 is 5.52. The van der Waals surface area contributed by atoms with Crippen molar-refractivity contribution >= 4 is 22.6 Å². The molecule has 1 fully saturated rings. The summed E-state index contributed by atoms with van der Waals surface area (Å²) >= 11 is 1.57. The van der Waals surface area contributed by atoms with E-state index in [0.29, 0.717) is 18.4 Å². The topological polar surface area (TPSA) is 79.5 Å². The molecule has 0 atom stereocenters. The van der Waals surface area contributed by atoms with E-state index in [1.54, 1.807) is 17.8 Å². The summed E-state index contributed by atoms with van der Waals surface area (Å²) in [4.78, 5) is 12.3. The van der Waals surface area contributed by atoms with Gasteiger partial charge in [0.15, 0.2) is 5.17 Å². The monoisotopic (exact) mass is 295 g/mol. The zero-order valence-corrected chi connectivity index (χ0v) is 11.9. The number of rotatable bonds is 7. The maximum absolute atomic E-state index is 10.6. The Morgan fingerprint density at radius 2 is 2.35 bits per heavy atom. The number of nitrogens with zero attached hydrogens (tertiary/aromatic N) is 2. The van der Waals surface area contributed by atoms with E-state index in [0.717, 1.165) is 30.8 Å². The van der Waals surface area contributed by atoms with Crippen molar-refractivity contribution in [1.29, 1.82) is 5.41 Å². The third-order valence-electron chi connectivity index (χ3n) is 2.99. The van der Waals surface area contributed by atoms with E-state index in [9.17, 15) is 10.1 Å². The second-order valence-electron chi connectivity index (χ2n) is 4.47. The van der Waals surface area contributed by atoms with E-state index < -0.39 is 4.92 Å². The maximum atomic E-state index is 10.6. The van der Waals surface area contributed by atoms with E-state index in [4.69, 9.17) is 10.1 Å². The average molecular weight is 295 g/mol. The summed E-state index contributed by atoms with van der Waals surface area (Å²) in [6, 6.07) is 6.49. The van der Waals surface area contributed by atoms with E-state index in [-0.39, 0.29) is 5.69 Å². The molecule has 0 aliphatic carbocycles. The van der Waals surface area contributed by atoms with Crippen molar-refractivity contribution in [2.45, 2.75) is 13.0 Å². The molecular formula is C13H17N3O3S. The number of hydrogen-bond donors (Lipinski definition) is 1. The average Bonchev–Trinajstić information content (AvgIpc) is 2.84. The standard InChI is InChI=1S/C13H17N3O3S/c14-13-15(6-8-20-13)5-2-7-19-10-11-3-1-4-12(9-11)16(17)18/h1,3-4,9,14H,2,5-8,10H2. The van der Waals surface area contributed by atoms with Gasteiger partial charge in [0.2, 0.25) is 0 Å². The first-order chi connectivity index (χ1) is 9.66. The highest BCUT2D eigenvalue weighted by Crippen LogP contribution is 2.16. The van der Waals surface area contributed by atoms with Crippen molar-refractivity contribution in [1.82, 2.24) is 4.90 Å². The van der Waals surface area contributed by atoms with Gasteiger partial charge < -0.3 is 9.64 Å². The minimum absolute atomic E-state index is 0.0913. The van der Waals surface area contributed by atoms with Crippen molar-refractivity contribution in [2.24, 2.45) is 0 Å². The molecule has 108 valence electrons. The van der Waals surface area contributed by atoms with Crippen LogP contribution in [0.1, 0.15) is 12.0 Å². The van der Waals surface area contributed by atoms with Gasteiger partial charge in [-0.25, -0.2) is 0 Å². The highest BCUT2D eigenvalue weighted by atomic mass is 32.2. The molecule has 0 aromatic heterocycles. The predicted molar refractivity (Wildman–Crippen MR) is 79.1 cm³/mol. The van der Waals surface area contributed by atoms with Gasteiger partial charge in [0.05, 0.1) is 11.5 Å². The van der Waals surface area contributed by atoms with E-state index in [1.807, 2.05) is 11.0 Å². The Balaban J connectivity index is 1.67. The number of hydrogen-bond acceptors (Lipinski definition) is 5. The summed E-state index contributed by atoms with van der Waals surface area (Å²) in [7, 11) is 0. The van der Waals surface area contributed by atoms with Crippen LogP contribution >= 0.6 is 11.8 Å². The number of nitro benzene ring substituents is 1. The summed E-state index contributed by atoms with van der Waals surface area (Å²) in [5.74, 6) is 0.993.